The molecule has 0 unspecified atom stereocenters. The van der Waals surface area contributed by atoms with Crippen LogP contribution in [0.4, 0.5) is 0 Å². The van der Waals surface area contributed by atoms with Crippen molar-refractivity contribution in [3.63, 3.8) is 0 Å². The van der Waals surface area contributed by atoms with Crippen molar-refractivity contribution < 1.29 is 19.4 Å². The highest BCUT2D eigenvalue weighted by molar-refractivity contribution is 5.95. The van der Waals surface area contributed by atoms with Gasteiger partial charge in [-0.3, -0.25) is 4.79 Å². The number of carbonyl (C=O) groups excluding carboxylic acids is 1. The predicted octanol–water partition coefficient (Wildman–Crippen LogP) is 1.65. The van der Waals surface area contributed by atoms with Crippen molar-refractivity contribution in [2.24, 2.45) is 0 Å². The monoisotopic (exact) mass is 275 g/mol. The lowest BCUT2D eigenvalue weighted by Crippen LogP contribution is -2.33. The zero-order chi connectivity index (χ0) is 14.4. The van der Waals surface area contributed by atoms with Gasteiger partial charge in [-0.1, -0.05) is 12.1 Å². The average molecular weight is 275 g/mol. The van der Waals surface area contributed by atoms with Crippen LogP contribution in [0, 0.1) is 0 Å². The summed E-state index contributed by atoms with van der Waals surface area (Å²) in [5.41, 5.74) is 1.27. The second kappa shape index (κ2) is 6.86. The molecule has 2 rings (SSSR count). The normalized spacial score (nSPS) is 16.1. The van der Waals surface area contributed by atoms with E-state index in [0.717, 1.165) is 12.5 Å². The molecule has 1 N–H and O–H groups in total. The molecule has 1 aromatic carbocycles. The highest BCUT2D eigenvalue weighted by atomic mass is 16.5. The van der Waals surface area contributed by atoms with Gasteiger partial charge in [0.2, 0.25) is 0 Å². The van der Waals surface area contributed by atoms with E-state index in [-0.39, 0.29) is 5.91 Å². The fourth-order valence-corrected chi connectivity index (χ4v) is 2.07. The molecule has 1 heterocycles. The van der Waals surface area contributed by atoms with Crippen LogP contribution in [0.25, 0.3) is 6.08 Å². The molecule has 1 aromatic rings. The largest absolute Gasteiger partial charge is 0.478 e. The Morgan fingerprint density at radius 1 is 1.25 bits per heavy atom. The molecule has 5 heteroatoms. The summed E-state index contributed by atoms with van der Waals surface area (Å²) in [6, 6.07) is 6.96. The number of amides is 1. The number of carboxylic acid groups (broad SMARTS) is 1. The molecule has 0 aromatic heterocycles. The zero-order valence-electron chi connectivity index (χ0n) is 11.1. The topological polar surface area (TPSA) is 66.8 Å². The molecule has 1 saturated heterocycles. The van der Waals surface area contributed by atoms with Crippen molar-refractivity contribution in [1.82, 2.24) is 4.90 Å². The molecule has 0 saturated carbocycles. The van der Waals surface area contributed by atoms with Gasteiger partial charge in [0.05, 0.1) is 6.61 Å². The number of hydrogen-bond donors (Lipinski definition) is 1. The molecule has 20 heavy (non-hydrogen) atoms. The Labute approximate surface area is 117 Å². The number of carbonyl (C=O) groups is 2. The maximum Gasteiger partial charge on any atom is 0.328 e. The van der Waals surface area contributed by atoms with E-state index in [1.807, 2.05) is 0 Å². The number of aliphatic carboxylic acids is 1. The van der Waals surface area contributed by atoms with Crippen molar-refractivity contribution in [3.8, 4) is 0 Å². The average Bonchev–Trinajstić information content (AvgIpc) is 2.73. The molecule has 0 atom stereocenters. The molecule has 1 aliphatic heterocycles. The zero-order valence-corrected chi connectivity index (χ0v) is 11.1. The van der Waals surface area contributed by atoms with E-state index < -0.39 is 5.97 Å². The van der Waals surface area contributed by atoms with Gasteiger partial charge >= 0.3 is 5.97 Å². The van der Waals surface area contributed by atoms with Gasteiger partial charge in [0, 0.05) is 31.3 Å². The Hall–Kier alpha value is -2.14. The van der Waals surface area contributed by atoms with Crippen LogP contribution in [0.5, 0.6) is 0 Å². The molecule has 1 aliphatic rings. The maximum atomic E-state index is 12.4. The lowest BCUT2D eigenvalue weighted by atomic mass is 10.1. The van der Waals surface area contributed by atoms with Gasteiger partial charge in [-0.15, -0.1) is 0 Å². The van der Waals surface area contributed by atoms with Crippen LogP contribution in [-0.2, 0) is 9.53 Å². The molecular formula is C15H17NO4. The van der Waals surface area contributed by atoms with Crippen molar-refractivity contribution in [2.75, 3.05) is 26.3 Å². The first-order valence-electron chi connectivity index (χ1n) is 6.55. The predicted molar refractivity (Wildman–Crippen MR) is 74.5 cm³/mol. The van der Waals surface area contributed by atoms with Crippen LogP contribution in [0.15, 0.2) is 30.3 Å². The van der Waals surface area contributed by atoms with Gasteiger partial charge in [0.15, 0.2) is 0 Å². The third kappa shape index (κ3) is 3.93. The Bertz CT molecular complexity index is 516. The summed E-state index contributed by atoms with van der Waals surface area (Å²) in [4.78, 5) is 24.6. The second-order valence-electron chi connectivity index (χ2n) is 4.56. The molecule has 0 radical (unpaired) electrons. The highest BCUT2D eigenvalue weighted by Crippen LogP contribution is 2.11. The number of nitrogens with zero attached hydrogens (tertiary/aromatic N) is 1. The van der Waals surface area contributed by atoms with Gasteiger partial charge < -0.3 is 14.7 Å². The number of hydrogen-bond acceptors (Lipinski definition) is 3. The number of ether oxygens (including phenoxy) is 1. The quantitative estimate of drug-likeness (QED) is 0.852. The highest BCUT2D eigenvalue weighted by Gasteiger charge is 2.17. The first-order chi connectivity index (χ1) is 9.66. The first kappa shape index (κ1) is 14.3. The van der Waals surface area contributed by atoms with Gasteiger partial charge in [0.1, 0.15) is 0 Å². The minimum absolute atomic E-state index is 0.0407. The summed E-state index contributed by atoms with van der Waals surface area (Å²) in [6.07, 6.45) is 3.37. The molecule has 0 aliphatic carbocycles. The van der Waals surface area contributed by atoms with E-state index in [1.54, 1.807) is 29.2 Å². The summed E-state index contributed by atoms with van der Waals surface area (Å²) in [6.45, 7) is 2.53. The smallest absolute Gasteiger partial charge is 0.328 e. The summed E-state index contributed by atoms with van der Waals surface area (Å²) in [5, 5.41) is 8.61. The van der Waals surface area contributed by atoms with E-state index >= 15 is 0 Å². The fourth-order valence-electron chi connectivity index (χ4n) is 2.07. The Kier molecular flexibility index (Phi) is 4.90. The first-order valence-corrected chi connectivity index (χ1v) is 6.55. The van der Waals surface area contributed by atoms with Crippen molar-refractivity contribution >= 4 is 18.0 Å². The molecule has 106 valence electrons. The van der Waals surface area contributed by atoms with Crippen molar-refractivity contribution in [1.29, 1.82) is 0 Å². The van der Waals surface area contributed by atoms with Gasteiger partial charge in [-0.25, -0.2) is 4.79 Å². The SMILES string of the molecule is O=C(O)C=Cc1cccc(C(=O)N2CCCOCC2)c1. The summed E-state index contributed by atoms with van der Waals surface area (Å²) < 4.78 is 5.33. The lowest BCUT2D eigenvalue weighted by molar-refractivity contribution is -0.131. The summed E-state index contributed by atoms with van der Waals surface area (Å²) >= 11 is 0. The van der Waals surface area contributed by atoms with Crippen LogP contribution in [0.1, 0.15) is 22.3 Å². The third-order valence-electron chi connectivity index (χ3n) is 3.06. The van der Waals surface area contributed by atoms with Crippen LogP contribution in [-0.4, -0.2) is 48.2 Å². The van der Waals surface area contributed by atoms with Crippen LogP contribution >= 0.6 is 0 Å². The minimum Gasteiger partial charge on any atom is -0.478 e. The minimum atomic E-state index is -1.01. The van der Waals surface area contributed by atoms with E-state index in [0.29, 0.717) is 37.4 Å². The molecule has 5 nitrogen and oxygen atoms in total. The second-order valence-corrected chi connectivity index (χ2v) is 4.56. The standard InChI is InChI=1S/C15H17NO4/c17-14(18)6-5-12-3-1-4-13(11-12)15(19)16-7-2-9-20-10-8-16/h1,3-6,11H,2,7-10H2,(H,17,18). The number of benzene rings is 1. The van der Waals surface area contributed by atoms with Crippen LogP contribution in [0.3, 0.4) is 0 Å². The van der Waals surface area contributed by atoms with Crippen molar-refractivity contribution in [3.05, 3.63) is 41.5 Å². The molecule has 1 amide bonds. The molecule has 0 bridgehead atoms. The Morgan fingerprint density at radius 2 is 2.10 bits per heavy atom. The van der Waals surface area contributed by atoms with E-state index in [4.69, 9.17) is 9.84 Å². The summed E-state index contributed by atoms with van der Waals surface area (Å²) in [7, 11) is 0. The Morgan fingerprint density at radius 3 is 2.90 bits per heavy atom. The molecule has 0 spiro atoms. The molecule has 1 fully saturated rings. The number of carboxylic acids is 1. The fraction of sp³-hybridized carbons (Fsp3) is 0.333. The van der Waals surface area contributed by atoms with E-state index in [1.165, 1.54) is 6.08 Å². The third-order valence-corrected chi connectivity index (χ3v) is 3.06. The van der Waals surface area contributed by atoms with Gasteiger partial charge in [-0.2, -0.15) is 0 Å². The van der Waals surface area contributed by atoms with Crippen molar-refractivity contribution in [2.45, 2.75) is 6.42 Å². The van der Waals surface area contributed by atoms with E-state index in [2.05, 4.69) is 0 Å². The number of rotatable bonds is 3. The Balaban J connectivity index is 2.13. The molecular weight excluding hydrogens is 258 g/mol. The van der Waals surface area contributed by atoms with Crippen LogP contribution < -0.4 is 0 Å². The maximum absolute atomic E-state index is 12.4. The van der Waals surface area contributed by atoms with Crippen LogP contribution in [0.2, 0.25) is 0 Å². The van der Waals surface area contributed by atoms with Gasteiger partial charge in [-0.05, 0) is 30.2 Å². The van der Waals surface area contributed by atoms with Gasteiger partial charge in [0.25, 0.3) is 5.91 Å². The van der Waals surface area contributed by atoms with E-state index in [9.17, 15) is 9.59 Å². The summed E-state index contributed by atoms with van der Waals surface area (Å²) in [5.74, 6) is -1.05. The lowest BCUT2D eigenvalue weighted by Gasteiger charge is -2.19.